The van der Waals surface area contributed by atoms with Crippen LogP contribution in [0.3, 0.4) is 0 Å². The molecule has 0 aromatic heterocycles. The summed E-state index contributed by atoms with van der Waals surface area (Å²) in [6.45, 7) is 10.6. The third-order valence-corrected chi connectivity index (χ3v) is 3.96. The summed E-state index contributed by atoms with van der Waals surface area (Å²) < 4.78 is 0. The fraction of sp³-hybridized carbons (Fsp3) is 0.733. The van der Waals surface area contributed by atoms with Crippen LogP contribution in [0.5, 0.6) is 0 Å². The molecule has 0 spiro atoms. The molecule has 2 heteroatoms. The van der Waals surface area contributed by atoms with Crippen molar-refractivity contribution in [2.75, 3.05) is 0 Å². The van der Waals surface area contributed by atoms with E-state index >= 15 is 0 Å². The zero-order valence-corrected chi connectivity index (χ0v) is 12.6. The molecule has 0 bridgehead atoms. The van der Waals surface area contributed by atoms with Crippen molar-refractivity contribution in [1.82, 2.24) is 0 Å². The Kier molecular flexibility index (Phi) is 10.5. The van der Waals surface area contributed by atoms with Gasteiger partial charge >= 0.3 is 0 Å². The monoisotopic (exact) mass is 255 g/mol. The Morgan fingerprint density at radius 2 is 2.00 bits per heavy atom. The van der Waals surface area contributed by atoms with Crippen LogP contribution < -0.4 is 5.73 Å². The molecule has 0 aliphatic rings. The molecule has 0 aromatic carbocycles. The zero-order chi connectivity index (χ0) is 13.1. The maximum Gasteiger partial charge on any atom is 0.0116 e. The first-order valence-electron chi connectivity index (χ1n) is 6.86. The van der Waals surface area contributed by atoms with Gasteiger partial charge in [-0.15, -0.1) is 11.8 Å². The quantitative estimate of drug-likeness (QED) is 0.526. The van der Waals surface area contributed by atoms with E-state index in [0.717, 1.165) is 18.0 Å². The Morgan fingerprint density at radius 3 is 2.53 bits per heavy atom. The number of thioether (sulfide) groups is 1. The Hall–Kier alpha value is -0.370. The Balaban J connectivity index is 3.79. The summed E-state index contributed by atoms with van der Waals surface area (Å²) in [5, 5.41) is 1.99. The molecular weight excluding hydrogens is 226 g/mol. The van der Waals surface area contributed by atoms with Gasteiger partial charge in [-0.3, -0.25) is 0 Å². The minimum atomic E-state index is 0.804. The molecule has 1 nitrogen and oxygen atoms in total. The van der Waals surface area contributed by atoms with Gasteiger partial charge in [-0.1, -0.05) is 59.0 Å². The van der Waals surface area contributed by atoms with E-state index in [1.54, 1.807) is 11.8 Å². The maximum atomic E-state index is 5.62. The minimum Gasteiger partial charge on any atom is -0.402 e. The highest BCUT2D eigenvalue weighted by Gasteiger charge is 2.07. The van der Waals surface area contributed by atoms with Gasteiger partial charge in [0.1, 0.15) is 0 Å². The molecule has 0 aliphatic heterocycles. The van der Waals surface area contributed by atoms with E-state index in [2.05, 4.69) is 20.4 Å². The van der Waals surface area contributed by atoms with Crippen LogP contribution in [-0.2, 0) is 0 Å². The summed E-state index contributed by atoms with van der Waals surface area (Å²) in [5.41, 5.74) is 6.48. The molecule has 0 heterocycles. The van der Waals surface area contributed by atoms with Crippen LogP contribution in [0.15, 0.2) is 22.6 Å². The van der Waals surface area contributed by atoms with E-state index < -0.39 is 0 Å². The van der Waals surface area contributed by atoms with Gasteiger partial charge in [0.2, 0.25) is 0 Å². The van der Waals surface area contributed by atoms with Crippen molar-refractivity contribution in [2.45, 2.75) is 65.7 Å². The smallest absolute Gasteiger partial charge is 0.0116 e. The van der Waals surface area contributed by atoms with Gasteiger partial charge in [-0.2, -0.15) is 0 Å². The van der Waals surface area contributed by atoms with E-state index in [0.29, 0.717) is 0 Å². The van der Waals surface area contributed by atoms with Gasteiger partial charge in [-0.25, -0.2) is 0 Å². The van der Waals surface area contributed by atoms with Crippen LogP contribution in [-0.4, -0.2) is 0 Å². The molecule has 1 unspecified atom stereocenters. The molecular formula is C15H29NS. The minimum absolute atomic E-state index is 0.804. The van der Waals surface area contributed by atoms with Gasteiger partial charge in [0.15, 0.2) is 0 Å². The van der Waals surface area contributed by atoms with Crippen LogP contribution in [0.25, 0.3) is 0 Å². The Labute approximate surface area is 112 Å². The van der Waals surface area contributed by atoms with Crippen molar-refractivity contribution in [1.29, 1.82) is 0 Å². The number of unbranched alkanes of at least 4 members (excludes halogenated alkanes) is 3. The second-order valence-corrected chi connectivity index (χ2v) is 5.89. The SMILES string of the molecule is C=C(CC(CC)CCCCCC)S/C=C(/C)N. The molecule has 0 aromatic rings. The molecule has 0 aliphatic carbocycles. The summed E-state index contributed by atoms with van der Waals surface area (Å²) in [6.07, 6.45) is 9.20. The Morgan fingerprint density at radius 1 is 1.29 bits per heavy atom. The van der Waals surface area contributed by atoms with Crippen molar-refractivity contribution in [2.24, 2.45) is 11.7 Å². The molecule has 17 heavy (non-hydrogen) atoms. The number of allylic oxidation sites excluding steroid dienone is 2. The molecule has 100 valence electrons. The lowest BCUT2D eigenvalue weighted by Gasteiger charge is -2.15. The van der Waals surface area contributed by atoms with E-state index in [1.165, 1.54) is 43.4 Å². The second-order valence-electron chi connectivity index (χ2n) is 4.85. The largest absolute Gasteiger partial charge is 0.402 e. The molecule has 0 rings (SSSR count). The van der Waals surface area contributed by atoms with Crippen molar-refractivity contribution >= 4 is 11.8 Å². The summed E-state index contributed by atoms with van der Waals surface area (Å²) in [7, 11) is 0. The summed E-state index contributed by atoms with van der Waals surface area (Å²) in [6, 6.07) is 0. The highest BCUT2D eigenvalue weighted by atomic mass is 32.2. The van der Waals surface area contributed by atoms with Gasteiger partial charge in [0, 0.05) is 5.70 Å². The van der Waals surface area contributed by atoms with Crippen LogP contribution in [0.2, 0.25) is 0 Å². The van der Waals surface area contributed by atoms with E-state index in [9.17, 15) is 0 Å². The lowest BCUT2D eigenvalue weighted by molar-refractivity contribution is 0.444. The fourth-order valence-electron chi connectivity index (χ4n) is 1.86. The predicted molar refractivity (Wildman–Crippen MR) is 81.8 cm³/mol. The summed E-state index contributed by atoms with van der Waals surface area (Å²) in [4.78, 5) is 1.25. The molecule has 1 atom stereocenters. The number of hydrogen-bond donors (Lipinski definition) is 1. The highest BCUT2D eigenvalue weighted by Crippen LogP contribution is 2.28. The third kappa shape index (κ3) is 10.5. The van der Waals surface area contributed by atoms with Gasteiger partial charge in [-0.05, 0) is 29.6 Å². The predicted octanol–water partition coefficient (Wildman–Crippen LogP) is 5.44. The standard InChI is InChI=1S/C15H29NS/c1-5-7-8-9-10-15(6-2)11-14(4)17-12-13(3)16/h12,15H,4-11,16H2,1-3H3/b13-12-. The topological polar surface area (TPSA) is 26.0 Å². The lowest BCUT2D eigenvalue weighted by Crippen LogP contribution is -1.99. The number of hydrogen-bond acceptors (Lipinski definition) is 2. The third-order valence-electron chi connectivity index (χ3n) is 2.97. The van der Waals surface area contributed by atoms with E-state index in [4.69, 9.17) is 5.73 Å². The van der Waals surface area contributed by atoms with Crippen molar-refractivity contribution in [3.8, 4) is 0 Å². The van der Waals surface area contributed by atoms with Crippen LogP contribution in [0.1, 0.15) is 65.7 Å². The zero-order valence-electron chi connectivity index (χ0n) is 11.8. The first kappa shape index (κ1) is 16.6. The fourth-order valence-corrected chi connectivity index (χ4v) is 2.54. The molecule has 0 radical (unpaired) electrons. The van der Waals surface area contributed by atoms with E-state index in [1.807, 2.05) is 12.3 Å². The van der Waals surface area contributed by atoms with E-state index in [-0.39, 0.29) is 0 Å². The highest BCUT2D eigenvalue weighted by molar-refractivity contribution is 8.05. The van der Waals surface area contributed by atoms with Crippen molar-refractivity contribution < 1.29 is 0 Å². The lowest BCUT2D eigenvalue weighted by atomic mass is 9.95. The average Bonchev–Trinajstić information content (AvgIpc) is 2.30. The average molecular weight is 255 g/mol. The first-order valence-corrected chi connectivity index (χ1v) is 7.74. The van der Waals surface area contributed by atoms with Gasteiger partial charge in [0.05, 0.1) is 0 Å². The molecule has 0 amide bonds. The maximum absolute atomic E-state index is 5.62. The van der Waals surface area contributed by atoms with Crippen LogP contribution in [0, 0.1) is 5.92 Å². The van der Waals surface area contributed by atoms with Crippen LogP contribution >= 0.6 is 11.8 Å². The normalized spacial score (nSPS) is 13.7. The van der Waals surface area contributed by atoms with Crippen molar-refractivity contribution in [3.05, 3.63) is 22.6 Å². The van der Waals surface area contributed by atoms with Crippen LogP contribution in [0.4, 0.5) is 0 Å². The number of rotatable bonds is 10. The Bertz CT molecular complexity index is 229. The van der Waals surface area contributed by atoms with Crippen molar-refractivity contribution in [3.63, 3.8) is 0 Å². The molecule has 0 fully saturated rings. The molecule has 0 saturated heterocycles. The summed E-state index contributed by atoms with van der Waals surface area (Å²) in [5.74, 6) is 0.804. The summed E-state index contributed by atoms with van der Waals surface area (Å²) >= 11 is 1.69. The number of nitrogens with two attached hydrogens (primary N) is 1. The molecule has 0 saturated carbocycles. The van der Waals surface area contributed by atoms with Gasteiger partial charge in [0.25, 0.3) is 0 Å². The van der Waals surface area contributed by atoms with Gasteiger partial charge < -0.3 is 5.73 Å². The molecule has 2 N–H and O–H groups in total. The first-order chi connectivity index (χ1) is 8.10. The second kappa shape index (κ2) is 10.8.